The summed E-state index contributed by atoms with van der Waals surface area (Å²) in [6.07, 6.45) is 0.891. The van der Waals surface area contributed by atoms with E-state index in [1.165, 1.54) is 11.1 Å². The Kier molecular flexibility index (Phi) is 5.94. The number of carbonyl (C=O) groups is 1. The minimum absolute atomic E-state index is 0.0590. The second-order valence-electron chi connectivity index (χ2n) is 7.16. The van der Waals surface area contributed by atoms with E-state index in [0.29, 0.717) is 11.7 Å². The van der Waals surface area contributed by atoms with Gasteiger partial charge < -0.3 is 5.32 Å². The standard InChI is InChI=1S/C18H29NO/c1-13(2)11-16(17(20)18(4,5)6)19-12-15-9-7-14(3)8-10-15/h7-10,13,16,19H,11-12H2,1-6H3/t16-/m1/s1. The zero-order chi connectivity index (χ0) is 15.3. The van der Waals surface area contributed by atoms with Crippen molar-refractivity contribution >= 4 is 5.78 Å². The van der Waals surface area contributed by atoms with Crippen LogP contribution in [0.15, 0.2) is 24.3 Å². The quantitative estimate of drug-likeness (QED) is 0.846. The molecule has 1 atom stereocenters. The van der Waals surface area contributed by atoms with Gasteiger partial charge >= 0.3 is 0 Å². The normalized spacial score (nSPS) is 13.6. The highest BCUT2D eigenvalue weighted by atomic mass is 16.1. The fraction of sp³-hybridized carbons (Fsp3) is 0.611. The molecule has 0 saturated heterocycles. The molecular weight excluding hydrogens is 246 g/mol. The first-order chi connectivity index (χ1) is 9.20. The fourth-order valence-electron chi connectivity index (χ4n) is 2.22. The van der Waals surface area contributed by atoms with Crippen molar-refractivity contribution in [2.24, 2.45) is 11.3 Å². The van der Waals surface area contributed by atoms with Crippen LogP contribution in [0.4, 0.5) is 0 Å². The third-order valence-corrected chi connectivity index (χ3v) is 3.44. The van der Waals surface area contributed by atoms with Crippen LogP contribution < -0.4 is 5.32 Å². The SMILES string of the molecule is Cc1ccc(CN[C@H](CC(C)C)C(=O)C(C)(C)C)cc1. The predicted molar refractivity (Wildman–Crippen MR) is 85.7 cm³/mol. The summed E-state index contributed by atoms with van der Waals surface area (Å²) in [4.78, 5) is 12.5. The summed E-state index contributed by atoms with van der Waals surface area (Å²) in [5.41, 5.74) is 2.20. The van der Waals surface area contributed by atoms with Crippen LogP contribution in [0.3, 0.4) is 0 Å². The van der Waals surface area contributed by atoms with Gasteiger partial charge in [-0.25, -0.2) is 0 Å². The number of ketones is 1. The van der Waals surface area contributed by atoms with E-state index in [2.05, 4.69) is 50.4 Å². The number of benzene rings is 1. The summed E-state index contributed by atoms with van der Waals surface area (Å²) in [7, 11) is 0. The largest absolute Gasteiger partial charge is 0.303 e. The Morgan fingerprint density at radius 3 is 2.15 bits per heavy atom. The lowest BCUT2D eigenvalue weighted by Gasteiger charge is -2.27. The molecule has 0 aliphatic rings. The number of nitrogens with one attached hydrogen (secondary N) is 1. The summed E-state index contributed by atoms with van der Waals surface area (Å²) in [5.74, 6) is 0.815. The van der Waals surface area contributed by atoms with Crippen molar-refractivity contribution in [1.29, 1.82) is 0 Å². The Morgan fingerprint density at radius 1 is 1.15 bits per heavy atom. The molecule has 0 aliphatic heterocycles. The third-order valence-electron chi connectivity index (χ3n) is 3.44. The van der Waals surface area contributed by atoms with Crippen LogP contribution in [-0.2, 0) is 11.3 Å². The molecule has 2 heteroatoms. The Bertz CT molecular complexity index is 426. The van der Waals surface area contributed by atoms with E-state index < -0.39 is 0 Å². The Balaban J connectivity index is 2.70. The first-order valence-electron chi connectivity index (χ1n) is 7.53. The number of hydrogen-bond acceptors (Lipinski definition) is 2. The van der Waals surface area contributed by atoms with Gasteiger partial charge in [0, 0.05) is 12.0 Å². The smallest absolute Gasteiger partial charge is 0.155 e. The van der Waals surface area contributed by atoms with Crippen LogP contribution in [0.25, 0.3) is 0 Å². The highest BCUT2D eigenvalue weighted by Crippen LogP contribution is 2.20. The maximum atomic E-state index is 12.5. The first-order valence-corrected chi connectivity index (χ1v) is 7.53. The van der Waals surface area contributed by atoms with E-state index in [4.69, 9.17) is 0 Å². The number of carbonyl (C=O) groups excluding carboxylic acids is 1. The molecule has 0 saturated carbocycles. The molecule has 1 aromatic carbocycles. The lowest BCUT2D eigenvalue weighted by atomic mass is 9.83. The summed E-state index contributed by atoms with van der Waals surface area (Å²) in [5, 5.41) is 3.44. The predicted octanol–water partition coefficient (Wildman–Crippen LogP) is 4.11. The van der Waals surface area contributed by atoms with Crippen molar-refractivity contribution in [2.75, 3.05) is 0 Å². The third kappa shape index (κ3) is 5.46. The molecule has 0 fully saturated rings. The molecule has 1 N–H and O–H groups in total. The van der Waals surface area contributed by atoms with Gasteiger partial charge in [-0.2, -0.15) is 0 Å². The highest BCUT2D eigenvalue weighted by Gasteiger charge is 2.29. The van der Waals surface area contributed by atoms with Gasteiger partial charge in [-0.05, 0) is 24.8 Å². The van der Waals surface area contributed by atoms with Gasteiger partial charge in [0.2, 0.25) is 0 Å². The second kappa shape index (κ2) is 7.03. The average molecular weight is 275 g/mol. The Morgan fingerprint density at radius 2 is 1.70 bits per heavy atom. The van der Waals surface area contributed by atoms with Crippen LogP contribution in [0, 0.1) is 18.3 Å². The molecule has 1 rings (SSSR count). The van der Waals surface area contributed by atoms with Crippen molar-refractivity contribution in [3.8, 4) is 0 Å². The van der Waals surface area contributed by atoms with Gasteiger partial charge in [0.1, 0.15) is 0 Å². The van der Waals surface area contributed by atoms with Gasteiger partial charge in [0.05, 0.1) is 6.04 Å². The molecular formula is C18H29NO. The van der Waals surface area contributed by atoms with Crippen LogP contribution in [0.5, 0.6) is 0 Å². The number of rotatable bonds is 6. The molecule has 1 aromatic rings. The van der Waals surface area contributed by atoms with Gasteiger partial charge in [-0.15, -0.1) is 0 Å². The van der Waals surface area contributed by atoms with Gasteiger partial charge in [0.15, 0.2) is 5.78 Å². The fourth-order valence-corrected chi connectivity index (χ4v) is 2.22. The summed E-state index contributed by atoms with van der Waals surface area (Å²) < 4.78 is 0. The minimum Gasteiger partial charge on any atom is -0.303 e. The van der Waals surface area contributed by atoms with E-state index in [9.17, 15) is 4.79 Å². The van der Waals surface area contributed by atoms with Crippen molar-refractivity contribution in [1.82, 2.24) is 5.32 Å². The van der Waals surface area contributed by atoms with Crippen LogP contribution in [0.2, 0.25) is 0 Å². The molecule has 112 valence electrons. The van der Waals surface area contributed by atoms with Crippen LogP contribution >= 0.6 is 0 Å². The Labute approximate surface area is 124 Å². The van der Waals surface area contributed by atoms with Crippen molar-refractivity contribution in [3.05, 3.63) is 35.4 Å². The molecule has 20 heavy (non-hydrogen) atoms. The zero-order valence-corrected chi connectivity index (χ0v) is 13.8. The highest BCUT2D eigenvalue weighted by molar-refractivity contribution is 5.88. The van der Waals surface area contributed by atoms with Crippen molar-refractivity contribution < 1.29 is 4.79 Å². The van der Waals surface area contributed by atoms with E-state index in [-0.39, 0.29) is 11.5 Å². The van der Waals surface area contributed by atoms with E-state index >= 15 is 0 Å². The topological polar surface area (TPSA) is 29.1 Å². The lowest BCUT2D eigenvalue weighted by molar-refractivity contribution is -0.128. The molecule has 0 amide bonds. The van der Waals surface area contributed by atoms with E-state index in [1.54, 1.807) is 0 Å². The lowest BCUT2D eigenvalue weighted by Crippen LogP contribution is -2.43. The molecule has 0 bridgehead atoms. The molecule has 0 aliphatic carbocycles. The second-order valence-corrected chi connectivity index (χ2v) is 7.16. The van der Waals surface area contributed by atoms with E-state index in [0.717, 1.165) is 13.0 Å². The molecule has 0 aromatic heterocycles. The number of aryl methyl sites for hydroxylation is 1. The molecule has 0 unspecified atom stereocenters. The summed E-state index contributed by atoms with van der Waals surface area (Å²) in [6, 6.07) is 8.41. The van der Waals surface area contributed by atoms with Gasteiger partial charge in [-0.1, -0.05) is 64.4 Å². The number of hydrogen-bond donors (Lipinski definition) is 1. The molecule has 0 spiro atoms. The monoisotopic (exact) mass is 275 g/mol. The molecule has 0 heterocycles. The average Bonchev–Trinajstić information content (AvgIpc) is 2.34. The van der Waals surface area contributed by atoms with Gasteiger partial charge in [-0.3, -0.25) is 4.79 Å². The van der Waals surface area contributed by atoms with Gasteiger partial charge in [0.25, 0.3) is 0 Å². The summed E-state index contributed by atoms with van der Waals surface area (Å²) >= 11 is 0. The van der Waals surface area contributed by atoms with Crippen LogP contribution in [0.1, 0.15) is 52.2 Å². The molecule has 0 radical (unpaired) electrons. The number of Topliss-reactive ketones (excluding diaryl/α,β-unsaturated/α-hetero) is 1. The minimum atomic E-state index is -0.292. The van der Waals surface area contributed by atoms with E-state index in [1.807, 2.05) is 20.8 Å². The zero-order valence-electron chi connectivity index (χ0n) is 13.8. The summed E-state index contributed by atoms with van der Waals surface area (Å²) in [6.45, 7) is 13.1. The van der Waals surface area contributed by atoms with Crippen molar-refractivity contribution in [2.45, 2.75) is 60.5 Å². The first kappa shape index (κ1) is 16.9. The van der Waals surface area contributed by atoms with Crippen LogP contribution in [-0.4, -0.2) is 11.8 Å². The maximum absolute atomic E-state index is 12.5. The molecule has 2 nitrogen and oxygen atoms in total. The van der Waals surface area contributed by atoms with Crippen molar-refractivity contribution in [3.63, 3.8) is 0 Å². The maximum Gasteiger partial charge on any atom is 0.155 e. The Hall–Kier alpha value is -1.15.